The van der Waals surface area contributed by atoms with Crippen LogP contribution in [0.4, 0.5) is 19.0 Å². The molecule has 2 atom stereocenters. The molecule has 1 aromatic rings. The molecule has 10 heteroatoms. The van der Waals surface area contributed by atoms with Crippen LogP contribution in [0.25, 0.3) is 0 Å². The number of piperidine rings is 1. The van der Waals surface area contributed by atoms with Gasteiger partial charge in [0, 0.05) is 18.3 Å². The third-order valence-corrected chi connectivity index (χ3v) is 4.27. The van der Waals surface area contributed by atoms with Crippen molar-refractivity contribution >= 4 is 17.7 Å². The number of pyridine rings is 1. The maximum atomic E-state index is 12.2. The first-order chi connectivity index (χ1) is 11.6. The van der Waals surface area contributed by atoms with Crippen LogP contribution in [0.15, 0.2) is 18.3 Å². The first kappa shape index (κ1) is 19.0. The van der Waals surface area contributed by atoms with Crippen LogP contribution in [0.1, 0.15) is 29.6 Å². The Morgan fingerprint density at radius 3 is 2.72 bits per heavy atom. The number of rotatable bonds is 2. The highest BCUT2D eigenvalue weighted by molar-refractivity contribution is 5.95. The monoisotopic (exact) mass is 360 g/mol. The van der Waals surface area contributed by atoms with Crippen molar-refractivity contribution < 1.29 is 27.9 Å². The Balaban J connectivity index is 0.000000277. The number of halogens is 3. The van der Waals surface area contributed by atoms with Crippen LogP contribution in [0.3, 0.4) is 0 Å². The first-order valence-electron chi connectivity index (χ1n) is 7.66. The van der Waals surface area contributed by atoms with Gasteiger partial charge in [-0.3, -0.25) is 4.79 Å². The predicted molar refractivity (Wildman–Crippen MR) is 82.7 cm³/mol. The van der Waals surface area contributed by atoms with E-state index in [0.717, 1.165) is 25.9 Å². The molecule has 2 fully saturated rings. The van der Waals surface area contributed by atoms with Gasteiger partial charge in [-0.15, -0.1) is 0 Å². The van der Waals surface area contributed by atoms with Crippen LogP contribution in [0.5, 0.6) is 0 Å². The topological polar surface area (TPSA) is 117 Å². The Labute approximate surface area is 141 Å². The van der Waals surface area contributed by atoms with Crippen molar-refractivity contribution in [3.8, 4) is 0 Å². The van der Waals surface area contributed by atoms with Crippen molar-refractivity contribution in [2.45, 2.75) is 31.0 Å². The van der Waals surface area contributed by atoms with Crippen molar-refractivity contribution in [2.75, 3.05) is 18.8 Å². The number of nitrogens with two attached hydrogens (primary N) is 1. The molecule has 3 rings (SSSR count). The maximum Gasteiger partial charge on any atom is 0.490 e. The standard InChI is InChI=1S/C13H18N4O.C2HF3O2/c14-11-5-10(2-4-16-11)12(18)17-13-3-1-9(6-13)7-15-8-13;3-2(4,5)1(6)7/h2,4-5,9,15H,1,3,6-8H2,(H2,14,16)(H,17,18);(H,6,7). The van der Waals surface area contributed by atoms with E-state index in [1.165, 1.54) is 6.42 Å². The minimum atomic E-state index is -5.08. The van der Waals surface area contributed by atoms with Crippen LogP contribution in [0, 0.1) is 5.92 Å². The molecule has 1 aliphatic heterocycles. The van der Waals surface area contributed by atoms with Crippen LogP contribution in [-0.4, -0.2) is 46.8 Å². The molecule has 1 aromatic heterocycles. The quantitative estimate of drug-likeness (QED) is 0.629. The largest absolute Gasteiger partial charge is 0.490 e. The Hall–Kier alpha value is -2.36. The second-order valence-corrected chi connectivity index (χ2v) is 6.25. The molecule has 25 heavy (non-hydrogen) atoms. The van der Waals surface area contributed by atoms with Crippen LogP contribution in [-0.2, 0) is 4.79 Å². The Morgan fingerprint density at radius 2 is 2.12 bits per heavy atom. The van der Waals surface area contributed by atoms with Crippen LogP contribution >= 0.6 is 0 Å². The minimum absolute atomic E-state index is 0.0477. The number of nitrogens with one attached hydrogen (secondary N) is 2. The van der Waals surface area contributed by atoms with E-state index in [1.54, 1.807) is 18.3 Å². The highest BCUT2D eigenvalue weighted by Crippen LogP contribution is 2.36. The van der Waals surface area contributed by atoms with E-state index in [0.29, 0.717) is 17.3 Å². The summed E-state index contributed by atoms with van der Waals surface area (Å²) in [6.07, 6.45) is -0.159. The molecule has 1 saturated carbocycles. The molecular weight excluding hydrogens is 341 g/mol. The summed E-state index contributed by atoms with van der Waals surface area (Å²) >= 11 is 0. The molecule has 0 radical (unpaired) electrons. The second-order valence-electron chi connectivity index (χ2n) is 6.25. The van der Waals surface area contributed by atoms with E-state index >= 15 is 0 Å². The Bertz CT molecular complexity index is 649. The highest BCUT2D eigenvalue weighted by atomic mass is 19.4. The smallest absolute Gasteiger partial charge is 0.475 e. The lowest BCUT2D eigenvalue weighted by atomic mass is 9.92. The molecule has 138 valence electrons. The first-order valence-corrected chi connectivity index (χ1v) is 7.66. The van der Waals surface area contributed by atoms with Gasteiger partial charge in [0.15, 0.2) is 0 Å². The lowest BCUT2D eigenvalue weighted by Gasteiger charge is -2.34. The molecule has 2 unspecified atom stereocenters. The normalized spacial score (nSPS) is 24.8. The number of aromatic nitrogens is 1. The van der Waals surface area contributed by atoms with Crippen molar-refractivity contribution in [3.05, 3.63) is 23.9 Å². The number of hydrogen-bond donors (Lipinski definition) is 4. The number of carbonyl (C=O) groups is 2. The van der Waals surface area contributed by atoms with Crippen LogP contribution in [0.2, 0.25) is 0 Å². The molecule has 1 aliphatic carbocycles. The molecule has 2 aliphatic rings. The maximum absolute atomic E-state index is 12.2. The van der Waals surface area contributed by atoms with Gasteiger partial charge in [0.2, 0.25) is 0 Å². The highest BCUT2D eigenvalue weighted by Gasteiger charge is 2.43. The van der Waals surface area contributed by atoms with E-state index in [9.17, 15) is 18.0 Å². The number of fused-ring (bicyclic) bond motifs is 2. The van der Waals surface area contributed by atoms with Crippen molar-refractivity contribution in [1.82, 2.24) is 15.6 Å². The third kappa shape index (κ3) is 5.05. The van der Waals surface area contributed by atoms with E-state index in [-0.39, 0.29) is 11.4 Å². The van der Waals surface area contributed by atoms with E-state index in [1.807, 2.05) is 0 Å². The van der Waals surface area contributed by atoms with E-state index in [4.69, 9.17) is 15.6 Å². The number of amides is 1. The van der Waals surface area contributed by atoms with Gasteiger partial charge in [-0.25, -0.2) is 9.78 Å². The summed E-state index contributed by atoms with van der Waals surface area (Å²) in [5, 5.41) is 13.7. The van der Waals surface area contributed by atoms with Crippen molar-refractivity contribution in [1.29, 1.82) is 0 Å². The summed E-state index contributed by atoms with van der Waals surface area (Å²) in [6, 6.07) is 3.32. The number of nitrogens with zero attached hydrogens (tertiary/aromatic N) is 1. The zero-order chi connectivity index (χ0) is 18.7. The lowest BCUT2D eigenvalue weighted by Crippen LogP contribution is -2.56. The molecule has 2 bridgehead atoms. The number of carboxylic acid groups (broad SMARTS) is 1. The SMILES string of the molecule is Nc1cc(C(=O)NC23CCC(CNC2)C3)ccn1.O=C(O)C(F)(F)F. The van der Waals surface area contributed by atoms with E-state index < -0.39 is 12.1 Å². The zero-order valence-electron chi connectivity index (χ0n) is 13.3. The molecule has 2 heterocycles. The summed E-state index contributed by atoms with van der Waals surface area (Å²) in [7, 11) is 0. The van der Waals surface area contributed by atoms with Crippen molar-refractivity contribution in [2.24, 2.45) is 5.92 Å². The fourth-order valence-electron chi connectivity index (χ4n) is 3.15. The lowest BCUT2D eigenvalue weighted by molar-refractivity contribution is -0.192. The number of anilines is 1. The summed E-state index contributed by atoms with van der Waals surface area (Å²) in [5.74, 6) is -1.71. The summed E-state index contributed by atoms with van der Waals surface area (Å²) < 4.78 is 31.7. The Morgan fingerprint density at radius 1 is 1.44 bits per heavy atom. The number of alkyl halides is 3. The van der Waals surface area contributed by atoms with Crippen molar-refractivity contribution in [3.63, 3.8) is 0 Å². The summed E-state index contributed by atoms with van der Waals surface area (Å²) in [4.78, 5) is 25.0. The number of hydrogen-bond acceptors (Lipinski definition) is 5. The number of aliphatic carboxylic acids is 1. The second kappa shape index (κ2) is 7.26. The molecular formula is C15H19F3N4O3. The number of nitrogen functional groups attached to an aromatic ring is 1. The van der Waals surface area contributed by atoms with Gasteiger partial charge in [-0.05, 0) is 43.9 Å². The molecule has 5 N–H and O–H groups in total. The third-order valence-electron chi connectivity index (χ3n) is 4.27. The van der Waals surface area contributed by atoms with Gasteiger partial charge >= 0.3 is 12.1 Å². The van der Waals surface area contributed by atoms with Gasteiger partial charge in [0.25, 0.3) is 5.91 Å². The number of carbonyl (C=O) groups excluding carboxylic acids is 1. The number of carboxylic acids is 1. The van der Waals surface area contributed by atoms with Gasteiger partial charge < -0.3 is 21.5 Å². The summed E-state index contributed by atoms with van der Waals surface area (Å²) in [6.45, 7) is 1.95. The molecule has 0 aromatic carbocycles. The summed E-state index contributed by atoms with van der Waals surface area (Å²) in [5.41, 5.74) is 6.13. The predicted octanol–water partition coefficient (Wildman–Crippen LogP) is 1.17. The minimum Gasteiger partial charge on any atom is -0.475 e. The van der Waals surface area contributed by atoms with E-state index in [2.05, 4.69) is 15.6 Å². The Kier molecular flexibility index (Phi) is 5.51. The zero-order valence-corrected chi connectivity index (χ0v) is 13.3. The van der Waals surface area contributed by atoms with Crippen LogP contribution < -0.4 is 16.4 Å². The fraction of sp³-hybridized carbons (Fsp3) is 0.533. The molecule has 0 spiro atoms. The van der Waals surface area contributed by atoms with Gasteiger partial charge in [-0.1, -0.05) is 0 Å². The van der Waals surface area contributed by atoms with Gasteiger partial charge in [0.05, 0.1) is 5.54 Å². The van der Waals surface area contributed by atoms with Gasteiger partial charge in [0.1, 0.15) is 5.82 Å². The average molecular weight is 360 g/mol. The average Bonchev–Trinajstić information content (AvgIpc) is 2.81. The molecule has 1 saturated heterocycles. The molecule has 7 nitrogen and oxygen atoms in total. The molecule has 1 amide bonds. The van der Waals surface area contributed by atoms with Gasteiger partial charge in [-0.2, -0.15) is 13.2 Å². The fourth-order valence-corrected chi connectivity index (χ4v) is 3.15.